The van der Waals surface area contributed by atoms with E-state index in [1.165, 1.54) is 0 Å². The lowest BCUT2D eigenvalue weighted by molar-refractivity contribution is -0.161. The Balaban J connectivity index is 4.19. The van der Waals surface area contributed by atoms with E-state index in [4.69, 9.17) is 19.3 Å². The third-order valence-corrected chi connectivity index (χ3v) is 7.74. The smallest absolute Gasteiger partial charge is 0.462 e. The molecule has 0 heterocycles. The number of aliphatic hydroxyl groups excluding tert-OH is 1. The van der Waals surface area contributed by atoms with Crippen molar-refractivity contribution in [2.75, 3.05) is 13.2 Å². The number of hydrogen-bond donors (Lipinski definition) is 3. The van der Waals surface area contributed by atoms with Crippen molar-refractivity contribution in [1.82, 2.24) is 0 Å². The molecular weight excluding hydrogens is 667 g/mol. The van der Waals surface area contributed by atoms with Gasteiger partial charge in [0.05, 0.1) is 12.7 Å². The Morgan fingerprint density at radius 1 is 0.588 bits per heavy atom. The van der Waals surface area contributed by atoms with Gasteiger partial charge in [0, 0.05) is 12.8 Å². The first kappa shape index (κ1) is 47.9. The molecule has 288 valence electrons. The highest BCUT2D eigenvalue weighted by molar-refractivity contribution is 7.46. The van der Waals surface area contributed by atoms with Gasteiger partial charge in [0.1, 0.15) is 6.61 Å². The van der Waals surface area contributed by atoms with Crippen LogP contribution in [0.2, 0.25) is 0 Å². The molecule has 0 amide bonds. The molecule has 0 fully saturated rings. The first-order valence-electron chi connectivity index (χ1n) is 18.6. The zero-order valence-electron chi connectivity index (χ0n) is 31.1. The molecule has 0 aliphatic rings. The van der Waals surface area contributed by atoms with Crippen molar-refractivity contribution in [3.63, 3.8) is 0 Å². The number of carbonyl (C=O) groups excluding carboxylic acids is 2. The number of phosphoric acid groups is 1. The van der Waals surface area contributed by atoms with Gasteiger partial charge in [-0.1, -0.05) is 111 Å². The second-order valence-corrected chi connectivity index (χ2v) is 13.2. The minimum Gasteiger partial charge on any atom is -0.462 e. The van der Waals surface area contributed by atoms with E-state index in [1.54, 1.807) is 0 Å². The summed E-state index contributed by atoms with van der Waals surface area (Å²) in [6.45, 7) is 3.18. The van der Waals surface area contributed by atoms with Crippen molar-refractivity contribution in [3.05, 3.63) is 97.2 Å². The summed E-state index contributed by atoms with van der Waals surface area (Å²) >= 11 is 0. The first-order chi connectivity index (χ1) is 24.7. The molecule has 10 heteroatoms. The van der Waals surface area contributed by atoms with Crippen molar-refractivity contribution in [3.8, 4) is 0 Å². The first-order valence-corrected chi connectivity index (χ1v) is 20.1. The lowest BCUT2D eigenvalue weighted by Gasteiger charge is -2.18. The van der Waals surface area contributed by atoms with Crippen LogP contribution in [-0.2, 0) is 28.2 Å². The van der Waals surface area contributed by atoms with Crippen molar-refractivity contribution >= 4 is 19.8 Å². The number of ether oxygens (including phenoxy) is 2. The van der Waals surface area contributed by atoms with Crippen LogP contribution in [0.15, 0.2) is 97.2 Å². The largest absolute Gasteiger partial charge is 0.469 e. The van der Waals surface area contributed by atoms with Crippen LogP contribution in [0.1, 0.15) is 123 Å². The molecule has 9 nitrogen and oxygen atoms in total. The summed E-state index contributed by atoms with van der Waals surface area (Å²) < 4.78 is 26.2. The van der Waals surface area contributed by atoms with Gasteiger partial charge in [-0.3, -0.25) is 14.1 Å². The number of allylic oxidation sites excluding steroid dienone is 16. The molecule has 0 aromatic heterocycles. The van der Waals surface area contributed by atoms with Gasteiger partial charge in [-0.25, -0.2) is 4.57 Å². The van der Waals surface area contributed by atoms with E-state index in [0.29, 0.717) is 19.3 Å². The van der Waals surface area contributed by atoms with Crippen LogP contribution >= 0.6 is 7.82 Å². The predicted molar refractivity (Wildman–Crippen MR) is 208 cm³/mol. The number of phosphoric ester groups is 1. The molecule has 0 aliphatic carbocycles. The minimum absolute atomic E-state index is 0.107. The molecule has 0 rings (SSSR count). The molecule has 0 saturated carbocycles. The van der Waals surface area contributed by atoms with E-state index in [1.807, 2.05) is 19.1 Å². The quantitative estimate of drug-likeness (QED) is 0.0267. The molecule has 0 aromatic rings. The lowest BCUT2D eigenvalue weighted by atomic mass is 10.1. The topological polar surface area (TPSA) is 140 Å². The summed E-state index contributed by atoms with van der Waals surface area (Å²) in [5, 5.41) is 9.53. The van der Waals surface area contributed by atoms with Gasteiger partial charge in [0.25, 0.3) is 0 Å². The zero-order valence-corrected chi connectivity index (χ0v) is 32.0. The van der Waals surface area contributed by atoms with E-state index in [2.05, 4.69) is 96.5 Å². The summed E-state index contributed by atoms with van der Waals surface area (Å²) in [5.74, 6) is -1.03. The van der Waals surface area contributed by atoms with Crippen molar-refractivity contribution in [2.24, 2.45) is 0 Å². The lowest BCUT2D eigenvalue weighted by Crippen LogP contribution is -2.29. The standard InChI is InChI=1S/C41H65O9P/c1-3-5-6-7-8-9-10-11-12-16-19-22-25-28-31-34-40(43)48-36-39(37-49-51(45,46)47)50-41(44)35-32-29-26-23-20-17-14-13-15-18-21-24-27-30-33-38(42)4-2/h5-6,8-9,11-12,14-15,17-19,22-24,26-27,38-39,42H,3-4,7,10,13,16,20-21,25,28-37H2,1-2H3,(H2,45,46,47)/b6-5-,9-8-,12-11-,17-14-,18-15-,22-19-,26-23-,27-24-/t38-,39-/m1/s1. The molecule has 51 heavy (non-hydrogen) atoms. The van der Waals surface area contributed by atoms with Crippen LogP contribution in [-0.4, -0.2) is 52.3 Å². The minimum atomic E-state index is -4.79. The summed E-state index contributed by atoms with van der Waals surface area (Å²) in [7, 11) is -4.79. The Bertz CT molecular complexity index is 1160. The molecule has 0 spiro atoms. The van der Waals surface area contributed by atoms with Gasteiger partial charge in [-0.2, -0.15) is 0 Å². The van der Waals surface area contributed by atoms with Crippen molar-refractivity contribution in [1.29, 1.82) is 0 Å². The Hall–Kier alpha value is -3.07. The number of esters is 2. The fourth-order valence-electron chi connectivity index (χ4n) is 4.33. The monoisotopic (exact) mass is 732 g/mol. The predicted octanol–water partition coefficient (Wildman–Crippen LogP) is 10.0. The van der Waals surface area contributed by atoms with Gasteiger partial charge in [0.15, 0.2) is 6.10 Å². The molecule has 2 atom stereocenters. The van der Waals surface area contributed by atoms with Crippen molar-refractivity contribution in [2.45, 2.75) is 135 Å². The summed E-state index contributed by atoms with van der Waals surface area (Å²) in [6.07, 6.45) is 45.1. The Morgan fingerprint density at radius 2 is 1.04 bits per heavy atom. The normalized spacial score (nSPS) is 14.2. The SMILES string of the molecule is CC/C=C\C/C=C\C/C=C\C/C=C\CCCCC(=O)OC[C@H](COP(=O)(O)O)OC(=O)CCC/C=C\C/C=C\C/C=C\C/C=C\CC[C@H](O)CC. The zero-order chi connectivity index (χ0) is 37.7. The molecule has 0 bridgehead atoms. The molecule has 0 unspecified atom stereocenters. The third-order valence-electron chi connectivity index (χ3n) is 7.25. The second kappa shape index (κ2) is 35.3. The molecular formula is C41H65O9P. The number of aliphatic hydroxyl groups is 1. The van der Waals surface area contributed by atoms with E-state index in [9.17, 15) is 19.3 Å². The van der Waals surface area contributed by atoms with E-state index >= 15 is 0 Å². The molecule has 3 N–H and O–H groups in total. The average Bonchev–Trinajstić information content (AvgIpc) is 3.10. The van der Waals surface area contributed by atoms with Crippen molar-refractivity contribution < 1.29 is 43.0 Å². The maximum absolute atomic E-state index is 12.3. The molecule has 0 aromatic carbocycles. The van der Waals surface area contributed by atoms with Crippen LogP contribution < -0.4 is 0 Å². The van der Waals surface area contributed by atoms with Gasteiger partial charge in [0.2, 0.25) is 0 Å². The number of unbranched alkanes of at least 4 members (excludes halogenated alkanes) is 3. The molecule has 0 saturated heterocycles. The summed E-state index contributed by atoms with van der Waals surface area (Å²) in [4.78, 5) is 42.7. The second-order valence-electron chi connectivity index (χ2n) is 12.0. The third kappa shape index (κ3) is 38.0. The highest BCUT2D eigenvalue weighted by Crippen LogP contribution is 2.35. The maximum Gasteiger partial charge on any atom is 0.469 e. The summed E-state index contributed by atoms with van der Waals surface area (Å²) in [6, 6.07) is 0. The van der Waals surface area contributed by atoms with E-state index in [0.717, 1.165) is 77.0 Å². The van der Waals surface area contributed by atoms with Crippen LogP contribution in [0.4, 0.5) is 0 Å². The fraction of sp³-hybridized carbons (Fsp3) is 0.561. The van der Waals surface area contributed by atoms with Crippen LogP contribution in [0.25, 0.3) is 0 Å². The van der Waals surface area contributed by atoms with E-state index < -0.39 is 32.5 Å². The highest BCUT2D eigenvalue weighted by atomic mass is 31.2. The number of carbonyl (C=O) groups is 2. The van der Waals surface area contributed by atoms with Gasteiger partial charge in [-0.05, 0) is 96.3 Å². The van der Waals surface area contributed by atoms with Gasteiger partial charge < -0.3 is 24.4 Å². The van der Waals surface area contributed by atoms with Crippen LogP contribution in [0.3, 0.4) is 0 Å². The maximum atomic E-state index is 12.3. The number of rotatable bonds is 32. The number of hydrogen-bond acceptors (Lipinski definition) is 7. The molecule has 0 aliphatic heterocycles. The highest BCUT2D eigenvalue weighted by Gasteiger charge is 2.22. The Labute approximate surface area is 307 Å². The fourth-order valence-corrected chi connectivity index (χ4v) is 4.69. The Kier molecular flexibility index (Phi) is 33.2. The summed E-state index contributed by atoms with van der Waals surface area (Å²) in [5.41, 5.74) is 0. The van der Waals surface area contributed by atoms with E-state index in [-0.39, 0.29) is 25.6 Å². The van der Waals surface area contributed by atoms with Crippen LogP contribution in [0.5, 0.6) is 0 Å². The van der Waals surface area contributed by atoms with Crippen LogP contribution in [0, 0.1) is 0 Å². The van der Waals surface area contributed by atoms with Gasteiger partial charge >= 0.3 is 19.8 Å². The molecule has 0 radical (unpaired) electrons. The Morgan fingerprint density at radius 3 is 1.53 bits per heavy atom. The average molecular weight is 733 g/mol. The van der Waals surface area contributed by atoms with Gasteiger partial charge in [-0.15, -0.1) is 0 Å².